The molecule has 0 bridgehead atoms. The van der Waals surface area contributed by atoms with Crippen LogP contribution in [-0.4, -0.2) is 56.7 Å². The zero-order valence-corrected chi connectivity index (χ0v) is 15.3. The Morgan fingerprint density at radius 2 is 1.93 bits per heavy atom. The Balaban J connectivity index is 1.47. The lowest BCUT2D eigenvalue weighted by molar-refractivity contribution is -0.131. The summed E-state index contributed by atoms with van der Waals surface area (Å²) >= 11 is 0. The molecule has 9 heteroatoms. The highest BCUT2D eigenvalue weighted by atomic mass is 16.5. The molecule has 3 atom stereocenters. The minimum atomic E-state index is -0.556. The summed E-state index contributed by atoms with van der Waals surface area (Å²) in [5.74, 6) is -0.393. The third-order valence-electron chi connectivity index (χ3n) is 4.58. The first-order chi connectivity index (χ1) is 13.7. The smallest absolute Gasteiger partial charge is 0.251 e. The van der Waals surface area contributed by atoms with E-state index in [1.807, 2.05) is 0 Å². The fraction of sp³-hybridized carbons (Fsp3) is 0.421. The number of carbonyl (C=O) groups excluding carboxylic acids is 2. The van der Waals surface area contributed by atoms with E-state index in [0.717, 1.165) is 5.69 Å². The predicted octanol–water partition coefficient (Wildman–Crippen LogP) is 0.216. The first kappa shape index (κ1) is 19.8. The summed E-state index contributed by atoms with van der Waals surface area (Å²) in [6, 6.07) is 4.66. The molecule has 0 radical (unpaired) electrons. The Kier molecular flexibility index (Phi) is 6.99. The van der Waals surface area contributed by atoms with Crippen molar-refractivity contribution in [2.24, 2.45) is 0 Å². The molecule has 1 saturated heterocycles. The number of carbonyl (C=O) groups is 2. The van der Waals surface area contributed by atoms with E-state index in [2.05, 4.69) is 25.6 Å². The maximum Gasteiger partial charge on any atom is 0.251 e. The zero-order chi connectivity index (χ0) is 19.8. The van der Waals surface area contributed by atoms with Crippen LogP contribution >= 0.6 is 0 Å². The number of pyridine rings is 1. The van der Waals surface area contributed by atoms with Crippen LogP contribution in [-0.2, 0) is 16.1 Å². The van der Waals surface area contributed by atoms with Crippen molar-refractivity contribution < 1.29 is 19.4 Å². The van der Waals surface area contributed by atoms with Gasteiger partial charge in [0.15, 0.2) is 0 Å². The molecule has 0 spiro atoms. The number of nitrogens with zero attached hydrogens (tertiary/aromatic N) is 3. The number of hydrogen-bond acceptors (Lipinski definition) is 7. The van der Waals surface area contributed by atoms with Gasteiger partial charge in [-0.3, -0.25) is 14.6 Å². The van der Waals surface area contributed by atoms with Crippen LogP contribution in [0.25, 0.3) is 0 Å². The average molecular weight is 385 g/mol. The lowest BCUT2D eigenvalue weighted by Gasteiger charge is -2.36. The van der Waals surface area contributed by atoms with Crippen molar-refractivity contribution in [3.8, 4) is 0 Å². The SMILES string of the molecule is O=C(C[C@@H]1CC[C@H](NC(=O)c2ccncc2)[C@@H](CO)O1)NCc1ccncn1. The number of aliphatic hydroxyl groups excluding tert-OH is 1. The Morgan fingerprint density at radius 1 is 1.14 bits per heavy atom. The van der Waals surface area contributed by atoms with Crippen LogP contribution in [0.1, 0.15) is 35.3 Å². The summed E-state index contributed by atoms with van der Waals surface area (Å²) in [7, 11) is 0. The molecule has 3 N–H and O–H groups in total. The Hall–Kier alpha value is -2.91. The van der Waals surface area contributed by atoms with Crippen LogP contribution in [0.4, 0.5) is 0 Å². The van der Waals surface area contributed by atoms with Gasteiger partial charge in [0, 0.05) is 24.2 Å². The summed E-state index contributed by atoms with van der Waals surface area (Å²) in [4.78, 5) is 36.2. The fourth-order valence-electron chi connectivity index (χ4n) is 3.09. The first-order valence-electron chi connectivity index (χ1n) is 9.14. The Bertz CT molecular complexity index is 774. The molecule has 9 nitrogen and oxygen atoms in total. The molecule has 2 aromatic heterocycles. The molecule has 0 aliphatic carbocycles. The highest BCUT2D eigenvalue weighted by molar-refractivity contribution is 5.94. The van der Waals surface area contributed by atoms with Gasteiger partial charge in [0.2, 0.25) is 5.91 Å². The number of nitrogens with one attached hydrogen (secondary N) is 2. The Morgan fingerprint density at radius 3 is 2.64 bits per heavy atom. The summed E-state index contributed by atoms with van der Waals surface area (Å²) in [6.45, 7) is 0.0858. The van der Waals surface area contributed by atoms with Gasteiger partial charge >= 0.3 is 0 Å². The van der Waals surface area contributed by atoms with Gasteiger partial charge < -0.3 is 20.5 Å². The molecule has 0 saturated carbocycles. The van der Waals surface area contributed by atoms with E-state index in [4.69, 9.17) is 4.74 Å². The normalized spacial score (nSPS) is 21.7. The molecule has 2 aromatic rings. The summed E-state index contributed by atoms with van der Waals surface area (Å²) in [6.07, 6.45) is 6.69. The van der Waals surface area contributed by atoms with Gasteiger partial charge in [-0.05, 0) is 31.0 Å². The van der Waals surface area contributed by atoms with Gasteiger partial charge in [0.1, 0.15) is 12.4 Å². The van der Waals surface area contributed by atoms with Crippen molar-refractivity contribution in [2.45, 2.75) is 44.1 Å². The van der Waals surface area contributed by atoms with Gasteiger partial charge in [-0.25, -0.2) is 9.97 Å². The summed E-state index contributed by atoms with van der Waals surface area (Å²) in [5.41, 5.74) is 1.22. The van der Waals surface area contributed by atoms with Crippen molar-refractivity contribution >= 4 is 11.8 Å². The number of amides is 2. The largest absolute Gasteiger partial charge is 0.394 e. The number of ether oxygens (including phenoxy) is 1. The second-order valence-corrected chi connectivity index (χ2v) is 6.55. The molecule has 0 unspecified atom stereocenters. The Labute approximate surface area is 162 Å². The second-order valence-electron chi connectivity index (χ2n) is 6.55. The van der Waals surface area contributed by atoms with Crippen LogP contribution in [0.3, 0.4) is 0 Å². The lowest BCUT2D eigenvalue weighted by Crippen LogP contribution is -2.51. The maximum absolute atomic E-state index is 12.3. The highest BCUT2D eigenvalue weighted by Crippen LogP contribution is 2.22. The molecular formula is C19H23N5O4. The topological polar surface area (TPSA) is 126 Å². The van der Waals surface area contributed by atoms with Crippen LogP contribution in [0.5, 0.6) is 0 Å². The van der Waals surface area contributed by atoms with Crippen molar-refractivity contribution in [3.63, 3.8) is 0 Å². The van der Waals surface area contributed by atoms with Crippen molar-refractivity contribution in [3.05, 3.63) is 54.4 Å². The summed E-state index contributed by atoms with van der Waals surface area (Å²) in [5, 5.41) is 15.3. The summed E-state index contributed by atoms with van der Waals surface area (Å²) < 4.78 is 5.84. The quantitative estimate of drug-likeness (QED) is 0.622. The van der Waals surface area contributed by atoms with Crippen LogP contribution in [0.15, 0.2) is 43.1 Å². The number of aliphatic hydroxyl groups is 1. The average Bonchev–Trinajstić information content (AvgIpc) is 2.74. The van der Waals surface area contributed by atoms with Crippen LogP contribution in [0.2, 0.25) is 0 Å². The van der Waals surface area contributed by atoms with Gasteiger partial charge in [-0.1, -0.05) is 0 Å². The van der Waals surface area contributed by atoms with E-state index in [0.29, 0.717) is 24.9 Å². The molecular weight excluding hydrogens is 362 g/mol. The maximum atomic E-state index is 12.3. The van der Waals surface area contributed by atoms with Crippen LogP contribution in [0, 0.1) is 0 Å². The number of aromatic nitrogens is 3. The van der Waals surface area contributed by atoms with Crippen molar-refractivity contribution in [2.75, 3.05) is 6.61 Å². The van der Waals surface area contributed by atoms with Gasteiger partial charge in [0.25, 0.3) is 5.91 Å². The van der Waals surface area contributed by atoms with E-state index >= 15 is 0 Å². The molecule has 1 aliphatic rings. The third-order valence-corrected chi connectivity index (χ3v) is 4.58. The minimum absolute atomic E-state index is 0.153. The van der Waals surface area contributed by atoms with E-state index in [-0.39, 0.29) is 37.0 Å². The zero-order valence-electron chi connectivity index (χ0n) is 15.3. The molecule has 0 aromatic carbocycles. The molecule has 2 amide bonds. The third kappa shape index (κ3) is 5.54. The molecule has 28 heavy (non-hydrogen) atoms. The van der Waals surface area contributed by atoms with Gasteiger partial charge in [-0.15, -0.1) is 0 Å². The first-order valence-corrected chi connectivity index (χ1v) is 9.14. The van der Waals surface area contributed by atoms with Gasteiger partial charge in [-0.2, -0.15) is 0 Å². The molecule has 3 heterocycles. The van der Waals surface area contributed by atoms with Gasteiger partial charge in [0.05, 0.1) is 37.4 Å². The molecule has 1 aliphatic heterocycles. The van der Waals surface area contributed by atoms with Crippen LogP contribution < -0.4 is 10.6 Å². The monoisotopic (exact) mass is 385 g/mol. The van der Waals surface area contributed by atoms with Crippen molar-refractivity contribution in [1.29, 1.82) is 0 Å². The molecule has 1 fully saturated rings. The van der Waals surface area contributed by atoms with E-state index in [1.165, 1.54) is 6.33 Å². The lowest BCUT2D eigenvalue weighted by atomic mass is 9.96. The number of rotatable bonds is 7. The van der Waals surface area contributed by atoms with E-state index < -0.39 is 6.10 Å². The number of hydrogen-bond donors (Lipinski definition) is 3. The second kappa shape index (κ2) is 9.86. The molecule has 148 valence electrons. The van der Waals surface area contributed by atoms with Crippen molar-refractivity contribution in [1.82, 2.24) is 25.6 Å². The predicted molar refractivity (Wildman–Crippen MR) is 99.0 cm³/mol. The minimum Gasteiger partial charge on any atom is -0.394 e. The standard InChI is InChI=1S/C19H23N5O4/c25-11-17-16(24-19(27)13-3-6-20-7-4-13)2-1-15(28-17)9-18(26)22-10-14-5-8-21-12-23-14/h3-8,12,15-17,25H,1-2,9-11H2,(H,22,26)(H,24,27)/t15-,16-,17+/m0/s1. The highest BCUT2D eigenvalue weighted by Gasteiger charge is 2.33. The fourth-order valence-corrected chi connectivity index (χ4v) is 3.09. The van der Waals surface area contributed by atoms with E-state index in [9.17, 15) is 14.7 Å². The van der Waals surface area contributed by atoms with E-state index in [1.54, 1.807) is 36.8 Å². The molecule has 3 rings (SSSR count).